The number of rotatable bonds is 12. The Hall–Kier alpha value is -0.200. The van der Waals surface area contributed by atoms with E-state index in [4.69, 9.17) is 56.1 Å². The van der Waals surface area contributed by atoms with Crippen LogP contribution < -0.4 is 5.69 Å². The number of aliphatic hydroxyl groups excluding tert-OH is 2. The first-order valence-electron chi connectivity index (χ1n) is 9.49. The highest BCUT2D eigenvalue weighted by atomic mass is 32.1. The van der Waals surface area contributed by atoms with Crippen LogP contribution in [-0.2, 0) is 53.9 Å². The lowest BCUT2D eigenvalue weighted by atomic mass is 10.1. The zero-order valence-corrected chi connectivity index (χ0v) is 25.6. The second kappa shape index (κ2) is 14.5. The van der Waals surface area contributed by atoms with Crippen LogP contribution in [0, 0.1) is 4.64 Å². The average molecular weight is 758 g/mol. The molecule has 33 heteroatoms. The van der Waals surface area contributed by atoms with Crippen molar-refractivity contribution < 1.29 is 108 Å². The van der Waals surface area contributed by atoms with Crippen molar-refractivity contribution in [2.75, 3.05) is 6.61 Å². The van der Waals surface area contributed by atoms with Crippen LogP contribution in [0.25, 0.3) is 0 Å². The Kier molecular flexibility index (Phi) is 13.7. The molecule has 1 fully saturated rings. The smallest absolute Gasteiger partial charge is 0.387 e. The lowest BCUT2D eigenvalue weighted by Crippen LogP contribution is -2.36. The average Bonchev–Trinajstić information content (AvgIpc) is 2.95. The minimum absolute atomic E-state index is 0.0866. The van der Waals surface area contributed by atoms with E-state index in [1.165, 1.54) is 6.07 Å². The molecule has 1 aliphatic heterocycles. The number of nitrogens with zero attached hydrogens (tertiary/aromatic N) is 1. The summed E-state index contributed by atoms with van der Waals surface area (Å²) in [5.41, 5.74) is -0.790. The summed E-state index contributed by atoms with van der Waals surface area (Å²) in [6.45, 7) is -1.00. The molecule has 246 valence electrons. The van der Waals surface area contributed by atoms with Gasteiger partial charge in [0.1, 0.15) is 23.0 Å². The van der Waals surface area contributed by atoms with E-state index in [2.05, 4.69) is 26.8 Å². The summed E-state index contributed by atoms with van der Waals surface area (Å²) < 4.78 is 87.4. The van der Waals surface area contributed by atoms with Gasteiger partial charge in [-0.2, -0.15) is 17.2 Å². The third-order valence-electron chi connectivity index (χ3n) is 3.70. The topological polar surface area (TPSA) is 418 Å². The fourth-order valence-corrected chi connectivity index (χ4v) is 8.20. The van der Waals surface area contributed by atoms with Gasteiger partial charge in [0.15, 0.2) is 6.23 Å². The highest BCUT2D eigenvalue weighted by molar-refractivity contribution is 7.71. The molecule has 0 aromatic carbocycles. The van der Waals surface area contributed by atoms with Crippen LogP contribution in [0.1, 0.15) is 6.23 Å². The lowest BCUT2D eigenvalue weighted by molar-refractivity contribution is -0.0542. The Morgan fingerprint density at radius 3 is 1.60 bits per heavy atom. The van der Waals surface area contributed by atoms with Crippen molar-refractivity contribution in [3.8, 4) is 0 Å². The minimum Gasteiger partial charge on any atom is -0.387 e. The molecule has 0 saturated carbocycles. The van der Waals surface area contributed by atoms with Gasteiger partial charge in [-0.05, 0) is 6.07 Å². The number of phosphoric ester groups is 1. The van der Waals surface area contributed by atoms with Gasteiger partial charge >= 0.3 is 52.6 Å². The summed E-state index contributed by atoms with van der Waals surface area (Å²) >= 11 is 4.75. The van der Waals surface area contributed by atoms with E-state index < -0.39 is 83.8 Å². The molecule has 1 saturated heterocycles. The van der Waals surface area contributed by atoms with Gasteiger partial charge in [-0.15, -0.1) is 0 Å². The monoisotopic (exact) mass is 758 g/mol. The number of aliphatic hydroxyl groups is 2. The maximum absolute atomic E-state index is 11.9. The van der Waals surface area contributed by atoms with Gasteiger partial charge in [0.2, 0.25) is 0 Å². The first-order chi connectivity index (χ1) is 18.5. The van der Waals surface area contributed by atoms with Gasteiger partial charge in [-0.3, -0.25) is 14.1 Å². The summed E-state index contributed by atoms with van der Waals surface area (Å²) in [6, 6.07) is 1.29. The van der Waals surface area contributed by atoms with E-state index in [0.717, 1.165) is 10.8 Å². The second-order valence-electron chi connectivity index (χ2n) is 7.06. The van der Waals surface area contributed by atoms with Gasteiger partial charge < -0.3 is 59.0 Å². The van der Waals surface area contributed by atoms with Crippen LogP contribution in [0.4, 0.5) is 0 Å². The molecule has 6 atom stereocenters. The first-order valence-corrected chi connectivity index (χ1v) is 19.0. The Labute approximate surface area is 235 Å². The van der Waals surface area contributed by atoms with E-state index >= 15 is 0 Å². The summed E-state index contributed by atoms with van der Waals surface area (Å²) in [7, 11) is -32.9. The molecular formula is C9H20N2O24P6S. The highest BCUT2D eigenvalue weighted by Crippen LogP contribution is 2.66. The van der Waals surface area contributed by atoms with Crippen molar-refractivity contribution in [2.24, 2.45) is 0 Å². The molecule has 26 nitrogen and oxygen atoms in total. The number of hydrogen-bond donors (Lipinski definition) is 12. The molecule has 2 unspecified atom stereocenters. The zero-order chi connectivity index (χ0) is 33.1. The summed E-state index contributed by atoms with van der Waals surface area (Å²) in [5.74, 6) is 0. The third kappa shape index (κ3) is 15.2. The number of hydrogen-bond acceptors (Lipinski definition) is 16. The molecule has 1 aromatic heterocycles. The maximum Gasteiger partial charge on any atom is 0.490 e. The van der Waals surface area contributed by atoms with Crippen molar-refractivity contribution >= 4 is 59.2 Å². The molecule has 0 spiro atoms. The zero-order valence-electron chi connectivity index (χ0n) is 19.4. The van der Waals surface area contributed by atoms with E-state index in [1.807, 2.05) is 0 Å². The van der Waals surface area contributed by atoms with Crippen molar-refractivity contribution in [1.82, 2.24) is 9.55 Å². The molecule has 0 aliphatic carbocycles. The summed E-state index contributed by atoms with van der Waals surface area (Å²) in [5, 5.41) is 20.0. The van der Waals surface area contributed by atoms with E-state index in [-0.39, 0.29) is 4.64 Å². The predicted octanol–water partition coefficient (Wildman–Crippen LogP) is -1.83. The molecule has 0 amide bonds. The molecule has 42 heavy (non-hydrogen) atoms. The number of aromatic amines is 1. The van der Waals surface area contributed by atoms with E-state index in [0.29, 0.717) is 0 Å². The fraction of sp³-hybridized carbons (Fsp3) is 0.556. The van der Waals surface area contributed by atoms with E-state index in [9.17, 15) is 47.3 Å². The molecule has 2 heterocycles. The normalized spacial score (nSPS) is 24.7. The molecule has 0 radical (unpaired) electrons. The third-order valence-corrected chi connectivity index (χ3v) is 11.1. The maximum atomic E-state index is 11.9. The van der Waals surface area contributed by atoms with Crippen molar-refractivity contribution in [2.45, 2.75) is 24.5 Å². The van der Waals surface area contributed by atoms with Gasteiger partial charge in [0.25, 0.3) is 0 Å². The highest BCUT2D eigenvalue weighted by Gasteiger charge is 2.46. The second-order valence-corrected chi connectivity index (χ2v) is 16.1. The molecule has 0 bridgehead atoms. The van der Waals surface area contributed by atoms with Crippen LogP contribution in [-0.4, -0.2) is 88.7 Å². The standard InChI is InChI=1S/C9H15N2O14P3S.H5O10P3/c12-6-4(3-22-27(18,19)25-28(20,21)24-26(15,16)17)23-8(7(6)13)11-2-1-5(29)10-9(11)14;1-11(2,3)9-13(7,8)10-12(4,5)6/h1-2,4,6-8,12-13H,3H2,(H,18,19)(H,20,21)(H,10,14,29)(H2,15,16,17);(H,7,8)(H2,1,2,3)(H2,4,5,6)/t4-,6-,7-,8-;/m1./s1. The molecular weight excluding hydrogens is 738 g/mol. The van der Waals surface area contributed by atoms with Crippen molar-refractivity contribution in [3.63, 3.8) is 0 Å². The largest absolute Gasteiger partial charge is 0.490 e. The minimum atomic E-state index is -5.71. The Bertz CT molecular complexity index is 1480. The summed E-state index contributed by atoms with van der Waals surface area (Å²) in [6.07, 6.45) is -5.23. The fourth-order valence-electron chi connectivity index (χ4n) is 2.48. The van der Waals surface area contributed by atoms with Gasteiger partial charge in [-0.1, -0.05) is 12.2 Å². The number of ether oxygens (including phenoxy) is 1. The SMILES string of the molecule is O=P(O)(O)OP(=O)(O)OP(=O)(O)O.O=c1[nH]c(=S)ccn1[C@@H]1O[C@H](COP(=O)(O)OP(=O)(O)OP(=O)(O)O)[C@@H](O)[C@H]1O. The van der Waals surface area contributed by atoms with Crippen LogP contribution in [0.2, 0.25) is 0 Å². The van der Waals surface area contributed by atoms with Crippen LogP contribution in [0.3, 0.4) is 0 Å². The van der Waals surface area contributed by atoms with Crippen molar-refractivity contribution in [1.29, 1.82) is 0 Å². The van der Waals surface area contributed by atoms with Crippen molar-refractivity contribution in [3.05, 3.63) is 27.4 Å². The summed E-state index contributed by atoms with van der Waals surface area (Å²) in [4.78, 5) is 89.6. The Balaban J connectivity index is 0.000000572. The van der Waals surface area contributed by atoms with Gasteiger partial charge in [0.05, 0.1) is 6.61 Å². The van der Waals surface area contributed by atoms with Gasteiger partial charge in [-0.25, -0.2) is 32.2 Å². The Morgan fingerprint density at radius 2 is 1.19 bits per heavy atom. The van der Waals surface area contributed by atoms with Crippen LogP contribution in [0.5, 0.6) is 0 Å². The number of nitrogens with one attached hydrogen (secondary N) is 1. The molecule has 12 N–H and O–H groups in total. The van der Waals surface area contributed by atoms with Crippen LogP contribution >= 0.6 is 59.2 Å². The first kappa shape index (κ1) is 39.8. The molecule has 1 aliphatic rings. The molecule has 2 rings (SSSR count). The van der Waals surface area contributed by atoms with E-state index in [1.54, 1.807) is 0 Å². The quantitative estimate of drug-likeness (QED) is 0.0824. The van der Waals surface area contributed by atoms with Crippen LogP contribution in [0.15, 0.2) is 17.1 Å². The number of phosphoric acid groups is 6. The number of H-pyrrole nitrogens is 1. The molecule has 1 aromatic rings. The van der Waals surface area contributed by atoms with Gasteiger partial charge in [0, 0.05) is 6.20 Å². The predicted molar refractivity (Wildman–Crippen MR) is 128 cm³/mol. The Morgan fingerprint density at radius 1 is 0.762 bits per heavy atom. The number of aromatic nitrogens is 2. The lowest BCUT2D eigenvalue weighted by Gasteiger charge is -2.19.